The van der Waals surface area contributed by atoms with Gasteiger partial charge in [-0.15, -0.1) is 5.10 Å². The van der Waals surface area contributed by atoms with Crippen molar-refractivity contribution in [3.63, 3.8) is 0 Å². The van der Waals surface area contributed by atoms with Crippen molar-refractivity contribution in [1.82, 2.24) is 14.8 Å². The maximum absolute atomic E-state index is 12.7. The smallest absolute Gasteiger partial charge is 0.237 e. The summed E-state index contributed by atoms with van der Waals surface area (Å²) in [6.07, 6.45) is 3.72. The highest BCUT2D eigenvalue weighted by Gasteiger charge is 2.22. The Kier molecular flexibility index (Phi) is 4.52. The van der Waals surface area contributed by atoms with Gasteiger partial charge in [0.25, 0.3) is 0 Å². The number of fused-ring (bicyclic) bond motifs is 1. The number of amides is 1. The molecule has 0 spiro atoms. The van der Waals surface area contributed by atoms with Crippen LogP contribution >= 0.6 is 11.8 Å². The first kappa shape index (κ1) is 15.9. The molecule has 0 N–H and O–H groups in total. The Bertz CT molecular complexity index is 878. The van der Waals surface area contributed by atoms with Crippen molar-refractivity contribution in [3.05, 3.63) is 66.5 Å². The summed E-state index contributed by atoms with van der Waals surface area (Å²) in [6, 6.07) is 18.0. The van der Waals surface area contributed by atoms with Crippen LogP contribution < -0.4 is 4.90 Å². The summed E-state index contributed by atoms with van der Waals surface area (Å²) < 4.78 is 1.73. The Morgan fingerprint density at radius 2 is 1.88 bits per heavy atom. The van der Waals surface area contributed by atoms with Gasteiger partial charge in [0.05, 0.1) is 11.4 Å². The number of aromatic nitrogens is 3. The van der Waals surface area contributed by atoms with E-state index in [4.69, 9.17) is 0 Å². The molecule has 0 unspecified atom stereocenters. The highest BCUT2D eigenvalue weighted by atomic mass is 32.2. The topological polar surface area (TPSA) is 51.0 Å². The van der Waals surface area contributed by atoms with E-state index in [1.165, 1.54) is 17.3 Å². The Morgan fingerprint density at radius 3 is 2.76 bits per heavy atom. The zero-order valence-corrected chi connectivity index (χ0v) is 14.5. The minimum Gasteiger partial charge on any atom is -0.311 e. The number of rotatable bonds is 4. The third-order valence-electron chi connectivity index (χ3n) is 4.23. The summed E-state index contributed by atoms with van der Waals surface area (Å²) in [5.41, 5.74) is 3.25. The van der Waals surface area contributed by atoms with Crippen molar-refractivity contribution in [2.75, 3.05) is 17.2 Å². The standard InChI is InChI=1S/C19H18N4OS/c24-18(22-12-6-8-15-7-4-5-11-17(15)22)13-25-19-20-14-23(21-19)16-9-2-1-3-10-16/h1-5,7,9-11,14H,6,8,12-13H2. The second-order valence-electron chi connectivity index (χ2n) is 5.87. The molecule has 2 heterocycles. The number of thioether (sulfide) groups is 1. The molecule has 5 nitrogen and oxygen atoms in total. The first-order valence-electron chi connectivity index (χ1n) is 8.29. The average molecular weight is 350 g/mol. The molecular formula is C19H18N4OS. The lowest BCUT2D eigenvalue weighted by molar-refractivity contribution is -0.116. The third kappa shape index (κ3) is 3.44. The van der Waals surface area contributed by atoms with E-state index >= 15 is 0 Å². The molecule has 1 aliphatic heterocycles. The van der Waals surface area contributed by atoms with Crippen molar-refractivity contribution in [2.45, 2.75) is 18.0 Å². The third-order valence-corrected chi connectivity index (χ3v) is 5.06. The summed E-state index contributed by atoms with van der Waals surface area (Å²) in [5, 5.41) is 5.05. The van der Waals surface area contributed by atoms with Gasteiger partial charge in [0, 0.05) is 12.2 Å². The zero-order valence-electron chi connectivity index (χ0n) is 13.7. The monoisotopic (exact) mass is 350 g/mol. The number of hydrogen-bond donors (Lipinski definition) is 0. The summed E-state index contributed by atoms with van der Waals surface area (Å²) >= 11 is 1.38. The van der Waals surface area contributed by atoms with Crippen LogP contribution in [-0.2, 0) is 11.2 Å². The minimum absolute atomic E-state index is 0.105. The van der Waals surface area contributed by atoms with Gasteiger partial charge in [-0.1, -0.05) is 48.2 Å². The number of carbonyl (C=O) groups is 1. The van der Waals surface area contributed by atoms with Gasteiger partial charge in [0.2, 0.25) is 11.1 Å². The predicted octanol–water partition coefficient (Wildman–Crippen LogP) is 3.34. The number of nitrogens with zero attached hydrogens (tertiary/aromatic N) is 4. The molecule has 3 aromatic rings. The molecule has 126 valence electrons. The largest absolute Gasteiger partial charge is 0.311 e. The van der Waals surface area contributed by atoms with Gasteiger partial charge in [-0.25, -0.2) is 9.67 Å². The van der Waals surface area contributed by atoms with E-state index in [0.717, 1.165) is 30.8 Å². The Labute approximate surface area is 150 Å². The van der Waals surface area contributed by atoms with E-state index in [9.17, 15) is 4.79 Å². The van der Waals surface area contributed by atoms with Crippen LogP contribution in [0.25, 0.3) is 5.69 Å². The number of benzene rings is 2. The van der Waals surface area contributed by atoms with Crippen LogP contribution in [0, 0.1) is 0 Å². The molecule has 0 atom stereocenters. The highest BCUT2D eigenvalue weighted by Crippen LogP contribution is 2.27. The fourth-order valence-electron chi connectivity index (χ4n) is 3.02. The molecule has 0 aliphatic carbocycles. The van der Waals surface area contributed by atoms with Crippen LogP contribution in [0.2, 0.25) is 0 Å². The molecule has 1 amide bonds. The summed E-state index contributed by atoms with van der Waals surface area (Å²) in [4.78, 5) is 18.8. The van der Waals surface area contributed by atoms with Crippen molar-refractivity contribution in [3.8, 4) is 5.69 Å². The molecule has 0 bridgehead atoms. The van der Waals surface area contributed by atoms with Crippen molar-refractivity contribution in [2.24, 2.45) is 0 Å². The summed E-state index contributed by atoms with van der Waals surface area (Å²) in [6.45, 7) is 0.780. The Morgan fingerprint density at radius 1 is 1.08 bits per heavy atom. The van der Waals surface area contributed by atoms with Gasteiger partial charge in [0.1, 0.15) is 6.33 Å². The molecule has 0 radical (unpaired) electrons. The van der Waals surface area contributed by atoms with Crippen LogP contribution in [-0.4, -0.2) is 33.0 Å². The van der Waals surface area contributed by atoms with E-state index < -0.39 is 0 Å². The zero-order chi connectivity index (χ0) is 17.1. The molecule has 1 aliphatic rings. The number of aryl methyl sites for hydroxylation is 1. The van der Waals surface area contributed by atoms with Gasteiger partial charge in [-0.3, -0.25) is 4.79 Å². The van der Waals surface area contributed by atoms with Crippen LogP contribution in [0.5, 0.6) is 0 Å². The SMILES string of the molecule is O=C(CSc1ncn(-c2ccccc2)n1)N1CCCc2ccccc21. The number of anilines is 1. The quantitative estimate of drug-likeness (QED) is 0.677. The highest BCUT2D eigenvalue weighted by molar-refractivity contribution is 7.99. The second kappa shape index (κ2) is 7.11. The lowest BCUT2D eigenvalue weighted by Gasteiger charge is -2.29. The molecule has 0 saturated carbocycles. The number of hydrogen-bond acceptors (Lipinski definition) is 4. The maximum atomic E-state index is 12.7. The molecule has 25 heavy (non-hydrogen) atoms. The normalized spacial score (nSPS) is 13.5. The van der Waals surface area contributed by atoms with Crippen molar-refractivity contribution < 1.29 is 4.79 Å². The Hall–Kier alpha value is -2.60. The van der Waals surface area contributed by atoms with Gasteiger partial charge < -0.3 is 4.90 Å². The molecule has 1 aromatic heterocycles. The van der Waals surface area contributed by atoms with Crippen LogP contribution in [0.15, 0.2) is 66.1 Å². The van der Waals surface area contributed by atoms with Crippen LogP contribution in [0.4, 0.5) is 5.69 Å². The fraction of sp³-hybridized carbons (Fsp3) is 0.211. The van der Waals surface area contributed by atoms with E-state index in [0.29, 0.717) is 10.9 Å². The van der Waals surface area contributed by atoms with E-state index in [1.54, 1.807) is 11.0 Å². The Balaban J connectivity index is 1.42. The van der Waals surface area contributed by atoms with E-state index in [1.807, 2.05) is 53.4 Å². The number of carbonyl (C=O) groups excluding carboxylic acids is 1. The summed E-state index contributed by atoms with van der Waals surface area (Å²) in [5.74, 6) is 0.445. The van der Waals surface area contributed by atoms with Crippen molar-refractivity contribution >= 4 is 23.4 Å². The molecular weight excluding hydrogens is 332 g/mol. The lowest BCUT2D eigenvalue weighted by Crippen LogP contribution is -2.36. The minimum atomic E-state index is 0.105. The van der Waals surface area contributed by atoms with Gasteiger partial charge in [-0.2, -0.15) is 0 Å². The van der Waals surface area contributed by atoms with Gasteiger partial charge in [0.15, 0.2) is 0 Å². The molecule has 0 saturated heterocycles. The molecule has 6 heteroatoms. The van der Waals surface area contributed by atoms with E-state index in [-0.39, 0.29) is 5.91 Å². The average Bonchev–Trinajstić information content (AvgIpc) is 3.15. The number of para-hydroxylation sites is 2. The van der Waals surface area contributed by atoms with Gasteiger partial charge in [-0.05, 0) is 36.6 Å². The molecule has 4 rings (SSSR count). The van der Waals surface area contributed by atoms with E-state index in [2.05, 4.69) is 16.1 Å². The lowest BCUT2D eigenvalue weighted by atomic mass is 10.0. The van der Waals surface area contributed by atoms with Crippen LogP contribution in [0.3, 0.4) is 0 Å². The summed E-state index contributed by atoms with van der Waals surface area (Å²) in [7, 11) is 0. The van der Waals surface area contributed by atoms with Crippen LogP contribution in [0.1, 0.15) is 12.0 Å². The maximum Gasteiger partial charge on any atom is 0.237 e. The van der Waals surface area contributed by atoms with Crippen molar-refractivity contribution in [1.29, 1.82) is 0 Å². The van der Waals surface area contributed by atoms with Gasteiger partial charge >= 0.3 is 0 Å². The molecule has 0 fully saturated rings. The predicted molar refractivity (Wildman–Crippen MR) is 99.2 cm³/mol. The second-order valence-corrected chi connectivity index (χ2v) is 6.82. The first-order valence-corrected chi connectivity index (χ1v) is 9.28. The fourth-order valence-corrected chi connectivity index (χ4v) is 3.69. The molecule has 2 aromatic carbocycles. The first-order chi connectivity index (χ1) is 12.3.